The molecule has 1 unspecified atom stereocenters. The lowest BCUT2D eigenvalue weighted by Gasteiger charge is -2.24. The Morgan fingerprint density at radius 3 is 2.11 bits per heavy atom. The number of phenolic OH excluding ortho intramolecular Hbond substituents is 1. The van der Waals surface area contributed by atoms with Crippen LogP contribution in [0.1, 0.15) is 64.4 Å². The van der Waals surface area contributed by atoms with Gasteiger partial charge in [-0.1, -0.05) is 57.6 Å². The van der Waals surface area contributed by atoms with Crippen LogP contribution in [0.5, 0.6) is 5.75 Å². The Kier molecular flexibility index (Phi) is 6.20. The molecule has 18 heavy (non-hydrogen) atoms. The van der Waals surface area contributed by atoms with E-state index in [-0.39, 0.29) is 5.75 Å². The molecular formula is C16H26O2. The normalized spacial score (nSPS) is 14.4. The third-order valence-electron chi connectivity index (χ3n) is 3.51. The van der Waals surface area contributed by atoms with Crippen LogP contribution in [0.3, 0.4) is 0 Å². The van der Waals surface area contributed by atoms with Gasteiger partial charge in [0.25, 0.3) is 0 Å². The Morgan fingerprint density at radius 2 is 1.50 bits per heavy atom. The zero-order valence-electron chi connectivity index (χ0n) is 11.7. The van der Waals surface area contributed by atoms with Crippen LogP contribution in [0.15, 0.2) is 24.3 Å². The van der Waals surface area contributed by atoms with E-state index >= 15 is 0 Å². The van der Waals surface area contributed by atoms with E-state index in [1.807, 2.05) is 6.92 Å². The molecule has 0 amide bonds. The van der Waals surface area contributed by atoms with Crippen LogP contribution in [0.4, 0.5) is 0 Å². The van der Waals surface area contributed by atoms with Gasteiger partial charge in [0.1, 0.15) is 5.75 Å². The predicted molar refractivity (Wildman–Crippen MR) is 75.7 cm³/mol. The Morgan fingerprint density at radius 1 is 0.944 bits per heavy atom. The van der Waals surface area contributed by atoms with Crippen molar-refractivity contribution in [3.05, 3.63) is 29.8 Å². The second-order valence-electron chi connectivity index (χ2n) is 5.34. The van der Waals surface area contributed by atoms with Crippen LogP contribution in [0, 0.1) is 0 Å². The minimum absolute atomic E-state index is 0.245. The smallest absolute Gasteiger partial charge is 0.115 e. The molecule has 0 bridgehead atoms. The predicted octanol–water partition coefficient (Wildman–Crippen LogP) is 4.35. The molecule has 0 saturated carbocycles. The Labute approximate surface area is 111 Å². The summed E-state index contributed by atoms with van der Waals surface area (Å²) >= 11 is 0. The first-order valence-electron chi connectivity index (χ1n) is 7.08. The van der Waals surface area contributed by atoms with Gasteiger partial charge in [-0.3, -0.25) is 0 Å². The van der Waals surface area contributed by atoms with Crippen molar-refractivity contribution in [3.63, 3.8) is 0 Å². The van der Waals surface area contributed by atoms with Gasteiger partial charge >= 0.3 is 0 Å². The summed E-state index contributed by atoms with van der Waals surface area (Å²) < 4.78 is 0. The van der Waals surface area contributed by atoms with Crippen LogP contribution in [0.25, 0.3) is 0 Å². The summed E-state index contributed by atoms with van der Waals surface area (Å²) in [5.74, 6) is 0.245. The van der Waals surface area contributed by atoms with Crippen LogP contribution in [-0.4, -0.2) is 10.2 Å². The molecule has 0 aliphatic rings. The molecule has 0 spiro atoms. The van der Waals surface area contributed by atoms with E-state index in [4.69, 9.17) is 0 Å². The third kappa shape index (κ3) is 5.09. The highest BCUT2D eigenvalue weighted by Crippen LogP contribution is 2.28. The van der Waals surface area contributed by atoms with Crippen molar-refractivity contribution in [3.8, 4) is 5.75 Å². The third-order valence-corrected chi connectivity index (χ3v) is 3.51. The van der Waals surface area contributed by atoms with Gasteiger partial charge in [0, 0.05) is 0 Å². The van der Waals surface area contributed by atoms with E-state index in [1.54, 1.807) is 24.3 Å². The summed E-state index contributed by atoms with van der Waals surface area (Å²) in [6.45, 7) is 4.07. The summed E-state index contributed by atoms with van der Waals surface area (Å²) in [6.07, 6.45) is 8.17. The van der Waals surface area contributed by atoms with Crippen LogP contribution in [-0.2, 0) is 5.60 Å². The molecule has 0 heterocycles. The molecule has 0 radical (unpaired) electrons. The fourth-order valence-electron chi connectivity index (χ4n) is 2.21. The quantitative estimate of drug-likeness (QED) is 0.673. The fraction of sp³-hybridized carbons (Fsp3) is 0.625. The lowest BCUT2D eigenvalue weighted by atomic mass is 9.90. The van der Waals surface area contributed by atoms with Crippen LogP contribution in [0.2, 0.25) is 0 Å². The van der Waals surface area contributed by atoms with Crippen molar-refractivity contribution in [1.29, 1.82) is 0 Å². The second kappa shape index (κ2) is 7.42. The first-order chi connectivity index (χ1) is 8.56. The average Bonchev–Trinajstić information content (AvgIpc) is 2.34. The number of unbranched alkanes of at least 4 members (excludes halogenated alkanes) is 5. The number of aliphatic hydroxyl groups is 1. The van der Waals surface area contributed by atoms with Gasteiger partial charge in [0.15, 0.2) is 0 Å². The molecule has 1 aromatic carbocycles. The van der Waals surface area contributed by atoms with Gasteiger partial charge in [-0.05, 0) is 31.0 Å². The fourth-order valence-corrected chi connectivity index (χ4v) is 2.21. The van der Waals surface area contributed by atoms with E-state index in [1.165, 1.54) is 32.1 Å². The minimum Gasteiger partial charge on any atom is -0.508 e. The molecule has 0 aliphatic carbocycles. The highest BCUT2D eigenvalue weighted by molar-refractivity contribution is 5.29. The van der Waals surface area contributed by atoms with Crippen molar-refractivity contribution in [2.24, 2.45) is 0 Å². The molecular weight excluding hydrogens is 224 g/mol. The number of rotatable bonds is 8. The van der Waals surface area contributed by atoms with E-state index in [0.717, 1.165) is 18.4 Å². The van der Waals surface area contributed by atoms with Crippen molar-refractivity contribution in [2.75, 3.05) is 0 Å². The molecule has 0 aromatic heterocycles. The molecule has 2 heteroatoms. The van der Waals surface area contributed by atoms with Gasteiger partial charge in [-0.15, -0.1) is 0 Å². The molecule has 102 valence electrons. The van der Waals surface area contributed by atoms with Crippen LogP contribution >= 0.6 is 0 Å². The molecule has 1 atom stereocenters. The summed E-state index contributed by atoms with van der Waals surface area (Å²) in [7, 11) is 0. The number of hydrogen-bond donors (Lipinski definition) is 2. The largest absolute Gasteiger partial charge is 0.508 e. The zero-order valence-corrected chi connectivity index (χ0v) is 11.7. The summed E-state index contributed by atoms with van der Waals surface area (Å²) in [4.78, 5) is 0. The molecule has 0 saturated heterocycles. The summed E-state index contributed by atoms with van der Waals surface area (Å²) in [5.41, 5.74) is 0.104. The highest BCUT2D eigenvalue weighted by Gasteiger charge is 2.21. The minimum atomic E-state index is -0.779. The van der Waals surface area contributed by atoms with Crippen molar-refractivity contribution in [2.45, 2.75) is 64.4 Å². The Bertz CT molecular complexity index is 327. The van der Waals surface area contributed by atoms with Gasteiger partial charge < -0.3 is 10.2 Å². The average molecular weight is 250 g/mol. The highest BCUT2D eigenvalue weighted by atomic mass is 16.3. The lowest BCUT2D eigenvalue weighted by Crippen LogP contribution is -2.20. The molecule has 1 aromatic rings. The first-order valence-corrected chi connectivity index (χ1v) is 7.08. The molecule has 0 aliphatic heterocycles. The maximum absolute atomic E-state index is 10.4. The first kappa shape index (κ1) is 15.0. The van der Waals surface area contributed by atoms with E-state index < -0.39 is 5.60 Å². The zero-order chi connectivity index (χ0) is 13.4. The maximum atomic E-state index is 10.4. The lowest BCUT2D eigenvalue weighted by molar-refractivity contribution is 0.0448. The molecule has 2 nitrogen and oxygen atoms in total. The van der Waals surface area contributed by atoms with E-state index in [0.29, 0.717) is 0 Å². The van der Waals surface area contributed by atoms with Gasteiger partial charge in [0.05, 0.1) is 5.60 Å². The second-order valence-corrected chi connectivity index (χ2v) is 5.34. The van der Waals surface area contributed by atoms with Gasteiger partial charge in [-0.2, -0.15) is 0 Å². The number of aromatic hydroxyl groups is 1. The molecule has 2 N–H and O–H groups in total. The van der Waals surface area contributed by atoms with Crippen molar-refractivity contribution >= 4 is 0 Å². The molecule has 0 fully saturated rings. The SMILES string of the molecule is CCCCCCCCC(C)(O)c1ccc(O)cc1. The van der Waals surface area contributed by atoms with Crippen molar-refractivity contribution < 1.29 is 10.2 Å². The number of benzene rings is 1. The van der Waals surface area contributed by atoms with Crippen molar-refractivity contribution in [1.82, 2.24) is 0 Å². The Balaban J connectivity index is 2.33. The van der Waals surface area contributed by atoms with Gasteiger partial charge in [-0.25, -0.2) is 0 Å². The number of phenols is 1. The molecule has 1 rings (SSSR count). The van der Waals surface area contributed by atoms with Crippen LogP contribution < -0.4 is 0 Å². The number of hydrogen-bond acceptors (Lipinski definition) is 2. The monoisotopic (exact) mass is 250 g/mol. The standard InChI is InChI=1S/C16H26O2/c1-3-4-5-6-7-8-13-16(2,18)14-9-11-15(17)12-10-14/h9-12,17-18H,3-8,13H2,1-2H3. The topological polar surface area (TPSA) is 40.5 Å². The summed E-state index contributed by atoms with van der Waals surface area (Å²) in [6, 6.07) is 6.86. The van der Waals surface area contributed by atoms with E-state index in [9.17, 15) is 10.2 Å². The summed E-state index contributed by atoms with van der Waals surface area (Å²) in [5, 5.41) is 19.6. The van der Waals surface area contributed by atoms with E-state index in [2.05, 4.69) is 6.92 Å². The van der Waals surface area contributed by atoms with Gasteiger partial charge in [0.2, 0.25) is 0 Å². The Hall–Kier alpha value is -1.02. The maximum Gasteiger partial charge on any atom is 0.115 e.